The molecule has 0 amide bonds. The molecule has 1 rings (SSSR count). The summed E-state index contributed by atoms with van der Waals surface area (Å²) in [5.74, 6) is 0.166. The maximum Gasteiger partial charge on any atom is 0.311 e. The zero-order valence-electron chi connectivity index (χ0n) is 8.11. The minimum absolute atomic E-state index is 0.200. The zero-order valence-corrected chi connectivity index (χ0v) is 8.87. The lowest BCUT2D eigenvalue weighted by Gasteiger charge is -2.02. The standard InChI is InChI=1S/C11H11ClO3/c12-10(13)7-4-8-11(14)15-9-5-2-1-3-6-9/h1-3,5-6H,4,7-8H2. The highest BCUT2D eigenvalue weighted by Crippen LogP contribution is 2.10. The number of esters is 1. The van der Waals surface area contributed by atoms with E-state index in [-0.39, 0.29) is 18.8 Å². The maximum absolute atomic E-state index is 11.2. The van der Waals surface area contributed by atoms with Gasteiger partial charge in [0.15, 0.2) is 0 Å². The van der Waals surface area contributed by atoms with Gasteiger partial charge >= 0.3 is 5.97 Å². The number of para-hydroxylation sites is 1. The van der Waals surface area contributed by atoms with Crippen LogP contribution in [0.1, 0.15) is 19.3 Å². The topological polar surface area (TPSA) is 43.4 Å². The average molecular weight is 227 g/mol. The van der Waals surface area contributed by atoms with Gasteiger partial charge in [0.05, 0.1) is 0 Å². The fraction of sp³-hybridized carbons (Fsp3) is 0.273. The predicted octanol–water partition coefficient (Wildman–Crippen LogP) is 2.53. The van der Waals surface area contributed by atoms with Crippen LogP contribution in [0.4, 0.5) is 0 Å². The van der Waals surface area contributed by atoms with Crippen molar-refractivity contribution in [2.24, 2.45) is 0 Å². The van der Waals surface area contributed by atoms with Gasteiger partial charge in [-0.1, -0.05) is 18.2 Å². The molecule has 0 aromatic heterocycles. The quantitative estimate of drug-likeness (QED) is 0.440. The Balaban J connectivity index is 2.28. The summed E-state index contributed by atoms with van der Waals surface area (Å²) in [5.41, 5.74) is 0. The lowest BCUT2D eigenvalue weighted by atomic mass is 10.2. The third-order valence-electron chi connectivity index (χ3n) is 1.73. The third-order valence-corrected chi connectivity index (χ3v) is 1.92. The Labute approximate surface area is 93.0 Å². The highest BCUT2D eigenvalue weighted by molar-refractivity contribution is 6.63. The van der Waals surface area contributed by atoms with Gasteiger partial charge in [-0.2, -0.15) is 0 Å². The van der Waals surface area contributed by atoms with Gasteiger partial charge in [-0.05, 0) is 30.2 Å². The first kappa shape index (κ1) is 11.7. The molecule has 0 unspecified atom stereocenters. The van der Waals surface area contributed by atoms with Crippen LogP contribution in [0.15, 0.2) is 30.3 Å². The summed E-state index contributed by atoms with van der Waals surface area (Å²) < 4.78 is 5.00. The molecule has 0 heterocycles. The van der Waals surface area contributed by atoms with E-state index in [1.807, 2.05) is 6.07 Å². The van der Waals surface area contributed by atoms with Crippen molar-refractivity contribution < 1.29 is 14.3 Å². The summed E-state index contributed by atoms with van der Waals surface area (Å²) in [6.07, 6.45) is 0.826. The van der Waals surface area contributed by atoms with E-state index in [9.17, 15) is 9.59 Å². The summed E-state index contributed by atoms with van der Waals surface area (Å²) in [5, 5.41) is -0.428. The van der Waals surface area contributed by atoms with E-state index in [4.69, 9.17) is 16.3 Å². The Morgan fingerprint density at radius 2 is 1.80 bits per heavy atom. The Hall–Kier alpha value is -1.35. The second-order valence-corrected chi connectivity index (χ2v) is 3.42. The first-order valence-electron chi connectivity index (χ1n) is 4.62. The molecule has 0 atom stereocenters. The second-order valence-electron chi connectivity index (χ2n) is 3.00. The van der Waals surface area contributed by atoms with Crippen LogP contribution in [0.5, 0.6) is 5.75 Å². The van der Waals surface area contributed by atoms with Gasteiger partial charge in [0, 0.05) is 12.8 Å². The van der Waals surface area contributed by atoms with Crippen LogP contribution in [0, 0.1) is 0 Å². The fourth-order valence-corrected chi connectivity index (χ4v) is 1.18. The summed E-state index contributed by atoms with van der Waals surface area (Å²) >= 11 is 5.13. The van der Waals surface area contributed by atoms with E-state index < -0.39 is 5.24 Å². The van der Waals surface area contributed by atoms with E-state index >= 15 is 0 Å². The van der Waals surface area contributed by atoms with Crippen LogP contribution in [0.3, 0.4) is 0 Å². The van der Waals surface area contributed by atoms with Crippen LogP contribution in [0.2, 0.25) is 0 Å². The van der Waals surface area contributed by atoms with Crippen molar-refractivity contribution in [3.05, 3.63) is 30.3 Å². The maximum atomic E-state index is 11.2. The number of carbonyl (C=O) groups excluding carboxylic acids is 2. The molecular formula is C11H11ClO3. The van der Waals surface area contributed by atoms with Crippen molar-refractivity contribution in [3.63, 3.8) is 0 Å². The van der Waals surface area contributed by atoms with Crippen LogP contribution < -0.4 is 4.74 Å². The van der Waals surface area contributed by atoms with E-state index in [1.165, 1.54) is 0 Å². The Kier molecular flexibility index (Phi) is 4.84. The monoisotopic (exact) mass is 226 g/mol. The molecule has 4 heteroatoms. The zero-order chi connectivity index (χ0) is 11.1. The van der Waals surface area contributed by atoms with Crippen molar-refractivity contribution in [2.75, 3.05) is 0 Å². The van der Waals surface area contributed by atoms with Gasteiger partial charge in [0.2, 0.25) is 5.24 Å². The second kappa shape index (κ2) is 6.19. The summed E-state index contributed by atoms with van der Waals surface area (Å²) in [6.45, 7) is 0. The van der Waals surface area contributed by atoms with Gasteiger partial charge in [-0.15, -0.1) is 0 Å². The van der Waals surface area contributed by atoms with Crippen LogP contribution >= 0.6 is 11.6 Å². The van der Waals surface area contributed by atoms with Gasteiger partial charge in [-0.3, -0.25) is 9.59 Å². The minimum Gasteiger partial charge on any atom is -0.427 e. The van der Waals surface area contributed by atoms with Crippen molar-refractivity contribution in [3.8, 4) is 5.75 Å². The lowest BCUT2D eigenvalue weighted by molar-refractivity contribution is -0.134. The number of rotatable bonds is 5. The number of hydrogen-bond acceptors (Lipinski definition) is 3. The molecule has 1 aromatic carbocycles. The predicted molar refractivity (Wildman–Crippen MR) is 56.8 cm³/mol. The van der Waals surface area contributed by atoms with Crippen LogP contribution in [-0.2, 0) is 9.59 Å². The molecule has 0 N–H and O–H groups in total. The Bertz CT molecular complexity index is 335. The van der Waals surface area contributed by atoms with E-state index in [0.29, 0.717) is 12.2 Å². The van der Waals surface area contributed by atoms with E-state index in [0.717, 1.165) is 0 Å². The average Bonchev–Trinajstić information content (AvgIpc) is 2.18. The largest absolute Gasteiger partial charge is 0.427 e. The van der Waals surface area contributed by atoms with E-state index in [1.54, 1.807) is 24.3 Å². The number of halogens is 1. The highest BCUT2D eigenvalue weighted by Gasteiger charge is 2.05. The van der Waals surface area contributed by atoms with Crippen molar-refractivity contribution in [1.29, 1.82) is 0 Å². The highest BCUT2D eigenvalue weighted by atomic mass is 35.5. The first-order chi connectivity index (χ1) is 7.18. The number of carbonyl (C=O) groups is 2. The van der Waals surface area contributed by atoms with Gasteiger partial charge < -0.3 is 4.74 Å². The summed E-state index contributed by atoms with van der Waals surface area (Å²) in [6, 6.07) is 8.80. The molecule has 15 heavy (non-hydrogen) atoms. The molecular weight excluding hydrogens is 216 g/mol. The molecule has 0 saturated carbocycles. The molecule has 1 aromatic rings. The number of benzene rings is 1. The van der Waals surface area contributed by atoms with Gasteiger partial charge in [-0.25, -0.2) is 0 Å². The van der Waals surface area contributed by atoms with Gasteiger partial charge in [0.25, 0.3) is 0 Å². The summed E-state index contributed by atoms with van der Waals surface area (Å²) in [7, 11) is 0. The Morgan fingerprint density at radius 3 is 2.40 bits per heavy atom. The number of ether oxygens (including phenoxy) is 1. The molecule has 0 aliphatic heterocycles. The fourth-order valence-electron chi connectivity index (χ4n) is 1.04. The molecule has 0 aliphatic carbocycles. The molecule has 0 spiro atoms. The summed E-state index contributed by atoms with van der Waals surface area (Å²) in [4.78, 5) is 21.6. The van der Waals surface area contributed by atoms with E-state index in [2.05, 4.69) is 0 Å². The number of hydrogen-bond donors (Lipinski definition) is 0. The van der Waals surface area contributed by atoms with Crippen LogP contribution in [0.25, 0.3) is 0 Å². The molecule has 0 bridgehead atoms. The molecule has 0 saturated heterocycles. The smallest absolute Gasteiger partial charge is 0.311 e. The molecule has 0 fully saturated rings. The van der Waals surface area contributed by atoms with Crippen molar-refractivity contribution in [1.82, 2.24) is 0 Å². The molecule has 0 aliphatic rings. The first-order valence-corrected chi connectivity index (χ1v) is 5.00. The van der Waals surface area contributed by atoms with Crippen LogP contribution in [-0.4, -0.2) is 11.2 Å². The SMILES string of the molecule is O=C(Cl)CCCC(=O)Oc1ccccc1. The third kappa shape index (κ3) is 5.18. The molecule has 3 nitrogen and oxygen atoms in total. The lowest BCUT2D eigenvalue weighted by Crippen LogP contribution is -2.07. The normalized spacial score (nSPS) is 9.67. The van der Waals surface area contributed by atoms with Crippen molar-refractivity contribution in [2.45, 2.75) is 19.3 Å². The van der Waals surface area contributed by atoms with Gasteiger partial charge in [0.1, 0.15) is 5.75 Å². The van der Waals surface area contributed by atoms with Crippen molar-refractivity contribution >= 4 is 22.8 Å². The molecule has 0 radical (unpaired) electrons. The Morgan fingerprint density at radius 1 is 1.13 bits per heavy atom. The molecule has 80 valence electrons. The minimum atomic E-state index is -0.428.